The van der Waals surface area contributed by atoms with Gasteiger partial charge >= 0.3 is 0 Å². The summed E-state index contributed by atoms with van der Waals surface area (Å²) in [6.45, 7) is 1.19. The molecule has 1 aliphatic rings. The van der Waals surface area contributed by atoms with Crippen LogP contribution < -0.4 is 0 Å². The number of benzene rings is 1. The number of carbonyl (C=O) groups is 1. The number of phenolic OH excluding ortho intramolecular Hbond substituents is 1. The van der Waals surface area contributed by atoms with Gasteiger partial charge in [-0.15, -0.1) is 0 Å². The molecule has 0 unspecified atom stereocenters. The molecule has 17 heavy (non-hydrogen) atoms. The number of nitriles is 1. The van der Waals surface area contributed by atoms with Gasteiger partial charge in [0, 0.05) is 18.7 Å². The van der Waals surface area contributed by atoms with Crippen molar-refractivity contribution >= 4 is 28.5 Å². The summed E-state index contributed by atoms with van der Waals surface area (Å²) in [5, 5.41) is 18.5. The summed E-state index contributed by atoms with van der Waals surface area (Å²) in [4.78, 5) is 13.7. The molecule has 1 aromatic rings. The summed E-state index contributed by atoms with van der Waals surface area (Å²) in [6.07, 6.45) is 3.85. The smallest absolute Gasteiger partial charge is 0.254 e. The Hall–Kier alpha value is -1.55. The highest BCUT2D eigenvalue weighted by atomic mass is 127. The fourth-order valence-electron chi connectivity index (χ4n) is 1.63. The van der Waals surface area contributed by atoms with Crippen LogP contribution in [0.15, 0.2) is 24.3 Å². The van der Waals surface area contributed by atoms with E-state index in [9.17, 15) is 9.90 Å². The Morgan fingerprint density at radius 3 is 2.65 bits per heavy atom. The molecular weight excluding hydrogens is 331 g/mol. The van der Waals surface area contributed by atoms with Gasteiger partial charge < -0.3 is 10.0 Å². The van der Waals surface area contributed by atoms with E-state index in [1.165, 1.54) is 6.07 Å². The molecule has 0 aromatic heterocycles. The number of hydrogen-bond acceptors (Lipinski definition) is 3. The number of aromatic hydroxyl groups is 1. The number of hydrogen-bond donors (Lipinski definition) is 1. The van der Waals surface area contributed by atoms with E-state index in [1.807, 2.05) is 40.8 Å². The van der Waals surface area contributed by atoms with Crippen molar-refractivity contribution in [2.45, 2.75) is 0 Å². The van der Waals surface area contributed by atoms with Crippen molar-refractivity contribution < 1.29 is 9.90 Å². The zero-order chi connectivity index (χ0) is 12.4. The maximum atomic E-state index is 12.1. The highest BCUT2D eigenvalue weighted by molar-refractivity contribution is 14.1. The second-order valence-electron chi connectivity index (χ2n) is 3.65. The summed E-state index contributed by atoms with van der Waals surface area (Å²) in [5.41, 5.74) is 0.569. The third-order valence-corrected chi connectivity index (χ3v) is 3.36. The second-order valence-corrected chi connectivity index (χ2v) is 4.81. The lowest BCUT2D eigenvalue weighted by atomic mass is 10.1. The van der Waals surface area contributed by atoms with Crippen LogP contribution in [-0.2, 0) is 0 Å². The monoisotopic (exact) mass is 340 g/mol. The van der Waals surface area contributed by atoms with E-state index in [-0.39, 0.29) is 17.2 Å². The molecule has 0 fully saturated rings. The van der Waals surface area contributed by atoms with Crippen LogP contribution in [-0.4, -0.2) is 29.0 Å². The van der Waals surface area contributed by atoms with Crippen LogP contribution >= 0.6 is 22.6 Å². The highest BCUT2D eigenvalue weighted by Gasteiger charge is 2.19. The Balaban J connectivity index is 2.36. The summed E-state index contributed by atoms with van der Waals surface area (Å²) in [7, 11) is 0. The fraction of sp³-hybridized carbons (Fsp3) is 0.167. The van der Waals surface area contributed by atoms with Crippen LogP contribution in [0.1, 0.15) is 15.9 Å². The van der Waals surface area contributed by atoms with Crippen LogP contribution in [0.4, 0.5) is 0 Å². The standard InChI is InChI=1S/C12H9IN2O2/c13-10-6-8(5-9(7-14)11(10)16)12(17)15-3-1-2-4-15/h1-2,5-6,16H,3-4H2. The molecule has 0 saturated heterocycles. The Morgan fingerprint density at radius 1 is 1.41 bits per heavy atom. The van der Waals surface area contributed by atoms with Crippen molar-refractivity contribution in [3.63, 3.8) is 0 Å². The van der Waals surface area contributed by atoms with Crippen LogP contribution in [0, 0.1) is 14.9 Å². The number of rotatable bonds is 1. The molecule has 1 N–H and O–H groups in total. The average molecular weight is 340 g/mol. The third-order valence-electron chi connectivity index (χ3n) is 2.54. The molecule has 5 heteroatoms. The molecule has 0 saturated carbocycles. The largest absolute Gasteiger partial charge is 0.505 e. The lowest BCUT2D eigenvalue weighted by Gasteiger charge is -2.15. The zero-order valence-corrected chi connectivity index (χ0v) is 11.0. The van der Waals surface area contributed by atoms with E-state index in [1.54, 1.807) is 11.0 Å². The number of halogens is 1. The van der Waals surface area contributed by atoms with E-state index < -0.39 is 0 Å². The van der Waals surface area contributed by atoms with Crippen molar-refractivity contribution in [1.82, 2.24) is 4.90 Å². The SMILES string of the molecule is N#Cc1cc(C(=O)N2CC=CC2)cc(I)c1O. The average Bonchev–Trinajstić information content (AvgIpc) is 2.85. The normalized spacial score (nSPS) is 13.8. The molecule has 86 valence electrons. The first-order valence-electron chi connectivity index (χ1n) is 5.00. The molecule has 0 aliphatic carbocycles. The topological polar surface area (TPSA) is 64.3 Å². The van der Waals surface area contributed by atoms with E-state index in [4.69, 9.17) is 5.26 Å². The van der Waals surface area contributed by atoms with E-state index in [0.29, 0.717) is 22.2 Å². The van der Waals surface area contributed by atoms with Crippen LogP contribution in [0.2, 0.25) is 0 Å². The molecule has 1 amide bonds. The Labute approximate surface area is 112 Å². The summed E-state index contributed by atoms with van der Waals surface area (Å²) < 4.78 is 0.511. The van der Waals surface area contributed by atoms with E-state index in [0.717, 1.165) is 0 Å². The summed E-state index contributed by atoms with van der Waals surface area (Å²) in [5.74, 6) is -0.186. The molecule has 0 radical (unpaired) electrons. The van der Waals surface area contributed by atoms with Gasteiger partial charge in [0.2, 0.25) is 0 Å². The zero-order valence-electron chi connectivity index (χ0n) is 8.85. The van der Waals surface area contributed by atoms with Crippen LogP contribution in [0.25, 0.3) is 0 Å². The maximum absolute atomic E-state index is 12.1. The molecule has 1 heterocycles. The van der Waals surface area contributed by atoms with E-state index in [2.05, 4.69) is 0 Å². The van der Waals surface area contributed by atoms with Gasteiger partial charge in [-0.05, 0) is 34.7 Å². The Morgan fingerprint density at radius 2 is 2.06 bits per heavy atom. The maximum Gasteiger partial charge on any atom is 0.254 e. The number of phenols is 1. The summed E-state index contributed by atoms with van der Waals surface area (Å²) in [6, 6.07) is 4.90. The number of amides is 1. The quantitative estimate of drug-likeness (QED) is 0.627. The van der Waals surface area contributed by atoms with Gasteiger partial charge in [-0.3, -0.25) is 4.79 Å². The first-order valence-corrected chi connectivity index (χ1v) is 6.08. The molecule has 1 aromatic carbocycles. The fourth-order valence-corrected chi connectivity index (χ4v) is 2.26. The number of carbonyl (C=O) groups excluding carboxylic acids is 1. The predicted molar refractivity (Wildman–Crippen MR) is 70.6 cm³/mol. The molecule has 1 aliphatic heterocycles. The minimum Gasteiger partial charge on any atom is -0.505 e. The first-order chi connectivity index (χ1) is 8.13. The molecule has 0 atom stereocenters. The van der Waals surface area contributed by atoms with Gasteiger partial charge in [-0.1, -0.05) is 12.2 Å². The molecule has 0 bridgehead atoms. The minimum absolute atomic E-state index is 0.0656. The lowest BCUT2D eigenvalue weighted by molar-refractivity contribution is 0.0800. The summed E-state index contributed by atoms with van der Waals surface area (Å²) >= 11 is 1.91. The van der Waals surface area contributed by atoms with Gasteiger partial charge in [0.05, 0.1) is 9.13 Å². The van der Waals surface area contributed by atoms with E-state index >= 15 is 0 Å². The van der Waals surface area contributed by atoms with Crippen molar-refractivity contribution in [3.8, 4) is 11.8 Å². The van der Waals surface area contributed by atoms with Crippen LogP contribution in [0.5, 0.6) is 5.75 Å². The minimum atomic E-state index is -0.121. The first kappa shape index (κ1) is 11.9. The Kier molecular flexibility index (Phi) is 3.33. The van der Waals surface area contributed by atoms with Crippen molar-refractivity contribution in [2.24, 2.45) is 0 Å². The van der Waals surface area contributed by atoms with Gasteiger partial charge in [0.1, 0.15) is 11.8 Å². The third kappa shape index (κ3) is 2.26. The lowest BCUT2D eigenvalue weighted by Crippen LogP contribution is -2.28. The molecular formula is C12H9IN2O2. The molecule has 2 rings (SSSR count). The molecule has 4 nitrogen and oxygen atoms in total. The van der Waals surface area contributed by atoms with Crippen molar-refractivity contribution in [3.05, 3.63) is 39.0 Å². The second kappa shape index (κ2) is 4.75. The van der Waals surface area contributed by atoms with Gasteiger partial charge in [-0.25, -0.2) is 0 Å². The highest BCUT2D eigenvalue weighted by Crippen LogP contribution is 2.26. The van der Waals surface area contributed by atoms with Crippen molar-refractivity contribution in [1.29, 1.82) is 5.26 Å². The predicted octanol–water partition coefficient (Wildman–Crippen LogP) is 1.88. The van der Waals surface area contributed by atoms with Gasteiger partial charge in [-0.2, -0.15) is 5.26 Å². The Bertz CT molecular complexity index is 538. The van der Waals surface area contributed by atoms with Crippen molar-refractivity contribution in [2.75, 3.05) is 13.1 Å². The van der Waals surface area contributed by atoms with Gasteiger partial charge in [0.25, 0.3) is 5.91 Å². The van der Waals surface area contributed by atoms with Crippen LogP contribution in [0.3, 0.4) is 0 Å². The number of nitrogens with zero attached hydrogens (tertiary/aromatic N) is 2. The van der Waals surface area contributed by atoms with Gasteiger partial charge in [0.15, 0.2) is 0 Å². The molecule has 0 spiro atoms.